The van der Waals surface area contributed by atoms with Crippen LogP contribution in [-0.4, -0.2) is 11.1 Å². The molecule has 0 atom stereocenters. The molecule has 0 bridgehead atoms. The number of hydrogen-bond acceptors (Lipinski definition) is 2. The van der Waals surface area contributed by atoms with Crippen LogP contribution in [0.25, 0.3) is 0 Å². The molecule has 23 heavy (non-hydrogen) atoms. The van der Waals surface area contributed by atoms with Crippen LogP contribution >= 0.6 is 15.9 Å². The molecule has 1 aliphatic rings. The lowest BCUT2D eigenvalue weighted by Gasteiger charge is -2.29. The van der Waals surface area contributed by atoms with Gasteiger partial charge in [0.15, 0.2) is 0 Å². The maximum Gasteiger partial charge on any atom is 0.126 e. The number of ether oxygens (including phenoxy) is 1. The Kier molecular flexibility index (Phi) is 5.38. The van der Waals surface area contributed by atoms with E-state index >= 15 is 0 Å². The smallest absolute Gasteiger partial charge is 0.126 e. The van der Waals surface area contributed by atoms with Crippen LogP contribution in [-0.2, 0) is 11.3 Å². The van der Waals surface area contributed by atoms with Gasteiger partial charge in [-0.3, -0.25) is 4.98 Å². The highest BCUT2D eigenvalue weighted by Gasteiger charge is 2.24. The van der Waals surface area contributed by atoms with E-state index in [0.717, 1.165) is 47.5 Å². The second-order valence-electron chi connectivity index (χ2n) is 5.92. The van der Waals surface area contributed by atoms with Gasteiger partial charge in [0, 0.05) is 16.7 Å². The first kappa shape index (κ1) is 16.5. The third-order valence-electron chi connectivity index (χ3n) is 4.32. The van der Waals surface area contributed by atoms with Crippen molar-refractivity contribution in [2.75, 3.05) is 0 Å². The molecule has 1 aromatic heterocycles. The van der Waals surface area contributed by atoms with Gasteiger partial charge in [-0.1, -0.05) is 0 Å². The largest absolute Gasteiger partial charge is 0.372 e. The van der Waals surface area contributed by atoms with Gasteiger partial charge in [0.2, 0.25) is 0 Å². The van der Waals surface area contributed by atoms with Crippen LogP contribution in [0.3, 0.4) is 0 Å². The molecule has 0 spiro atoms. The number of pyridine rings is 1. The van der Waals surface area contributed by atoms with Crippen LogP contribution in [0.5, 0.6) is 0 Å². The summed E-state index contributed by atoms with van der Waals surface area (Å²) in [6.07, 6.45) is 5.49. The van der Waals surface area contributed by atoms with E-state index in [-0.39, 0.29) is 12.0 Å². The molecule has 0 amide bonds. The summed E-state index contributed by atoms with van der Waals surface area (Å²) in [6, 6.07) is 7.63. The summed E-state index contributed by atoms with van der Waals surface area (Å²) in [6.45, 7) is 0.478. The van der Waals surface area contributed by atoms with Gasteiger partial charge >= 0.3 is 0 Å². The molecule has 1 aromatic carbocycles. The van der Waals surface area contributed by atoms with E-state index in [1.54, 1.807) is 6.20 Å². The fourth-order valence-corrected chi connectivity index (χ4v) is 3.46. The molecule has 2 aromatic rings. The maximum absolute atomic E-state index is 13.3. The summed E-state index contributed by atoms with van der Waals surface area (Å²) < 4.78 is 33.5. The molecule has 3 rings (SSSR count). The molecule has 0 N–H and O–H groups in total. The Morgan fingerprint density at radius 1 is 1.09 bits per heavy atom. The normalized spacial score (nSPS) is 21.3. The van der Waals surface area contributed by atoms with Gasteiger partial charge in [0.05, 0.1) is 18.4 Å². The van der Waals surface area contributed by atoms with E-state index < -0.39 is 11.6 Å². The van der Waals surface area contributed by atoms with Crippen molar-refractivity contribution in [1.29, 1.82) is 0 Å². The Hall–Kier alpha value is -1.33. The van der Waals surface area contributed by atoms with E-state index in [9.17, 15) is 8.78 Å². The molecule has 1 aliphatic carbocycles. The molecular formula is C18H18BrF2NO. The molecule has 1 saturated carbocycles. The minimum atomic E-state index is -0.502. The number of benzene rings is 1. The predicted octanol–water partition coefficient (Wildman–Crippen LogP) is 5.37. The summed E-state index contributed by atoms with van der Waals surface area (Å²) in [5.41, 5.74) is 1.65. The highest BCUT2D eigenvalue weighted by molar-refractivity contribution is 9.10. The molecule has 0 radical (unpaired) electrons. The number of halogens is 3. The molecule has 5 heteroatoms. The SMILES string of the molecule is Fc1cc(F)cc(C2CCC(OCc3ncccc3Br)CC2)c1. The zero-order valence-electron chi connectivity index (χ0n) is 12.6. The summed E-state index contributed by atoms with van der Waals surface area (Å²) in [7, 11) is 0. The third-order valence-corrected chi connectivity index (χ3v) is 5.04. The molecule has 122 valence electrons. The quantitative estimate of drug-likeness (QED) is 0.710. The summed E-state index contributed by atoms with van der Waals surface area (Å²) >= 11 is 3.46. The van der Waals surface area contributed by atoms with Crippen molar-refractivity contribution >= 4 is 15.9 Å². The summed E-state index contributed by atoms with van der Waals surface area (Å²) in [4.78, 5) is 4.29. The van der Waals surface area contributed by atoms with Crippen molar-refractivity contribution in [1.82, 2.24) is 4.98 Å². The molecular weight excluding hydrogens is 364 g/mol. The Morgan fingerprint density at radius 3 is 2.43 bits per heavy atom. The van der Waals surface area contributed by atoms with Gasteiger partial charge in [-0.05, 0) is 77.4 Å². The summed E-state index contributed by atoms with van der Waals surface area (Å²) in [5, 5.41) is 0. The highest BCUT2D eigenvalue weighted by atomic mass is 79.9. The van der Waals surface area contributed by atoms with E-state index in [1.165, 1.54) is 12.1 Å². The first-order chi connectivity index (χ1) is 11.1. The molecule has 0 saturated heterocycles. The topological polar surface area (TPSA) is 22.1 Å². The fourth-order valence-electron chi connectivity index (χ4n) is 3.10. The summed E-state index contributed by atoms with van der Waals surface area (Å²) in [5.74, 6) is -0.793. The zero-order valence-corrected chi connectivity index (χ0v) is 14.2. The van der Waals surface area contributed by atoms with E-state index in [0.29, 0.717) is 6.61 Å². The Labute approximate surface area is 143 Å². The van der Waals surface area contributed by atoms with Gasteiger partial charge < -0.3 is 4.74 Å². The Morgan fingerprint density at radius 2 is 1.78 bits per heavy atom. The lowest BCUT2D eigenvalue weighted by atomic mass is 9.82. The second-order valence-corrected chi connectivity index (χ2v) is 6.77. The number of nitrogens with zero attached hydrogens (tertiary/aromatic N) is 1. The minimum Gasteiger partial charge on any atom is -0.372 e. The number of aromatic nitrogens is 1. The fraction of sp³-hybridized carbons (Fsp3) is 0.389. The molecule has 1 fully saturated rings. The van der Waals surface area contributed by atoms with E-state index in [4.69, 9.17) is 4.74 Å². The first-order valence-corrected chi connectivity index (χ1v) is 8.58. The third kappa shape index (κ3) is 4.36. The van der Waals surface area contributed by atoms with Gasteiger partial charge in [-0.15, -0.1) is 0 Å². The van der Waals surface area contributed by atoms with E-state index in [2.05, 4.69) is 20.9 Å². The maximum atomic E-state index is 13.3. The van der Waals surface area contributed by atoms with Gasteiger partial charge in [0.25, 0.3) is 0 Å². The van der Waals surface area contributed by atoms with Gasteiger partial charge in [-0.25, -0.2) is 8.78 Å². The number of hydrogen-bond donors (Lipinski definition) is 0. The molecule has 0 aliphatic heterocycles. The van der Waals surface area contributed by atoms with Crippen LogP contribution in [0.4, 0.5) is 8.78 Å². The Balaban J connectivity index is 1.53. The number of rotatable bonds is 4. The van der Waals surface area contributed by atoms with Crippen molar-refractivity contribution in [3.05, 3.63) is 63.9 Å². The monoisotopic (exact) mass is 381 g/mol. The van der Waals surface area contributed by atoms with Crippen molar-refractivity contribution in [3.63, 3.8) is 0 Å². The van der Waals surface area contributed by atoms with Crippen LogP contribution in [0.2, 0.25) is 0 Å². The van der Waals surface area contributed by atoms with E-state index in [1.807, 2.05) is 12.1 Å². The minimum absolute atomic E-state index is 0.179. The van der Waals surface area contributed by atoms with Crippen molar-refractivity contribution in [3.8, 4) is 0 Å². The van der Waals surface area contributed by atoms with Gasteiger partial charge in [-0.2, -0.15) is 0 Å². The van der Waals surface area contributed by atoms with Crippen molar-refractivity contribution in [2.45, 2.75) is 44.3 Å². The van der Waals surface area contributed by atoms with Crippen LogP contribution in [0.15, 0.2) is 41.0 Å². The average Bonchev–Trinajstić information content (AvgIpc) is 2.54. The average molecular weight is 382 g/mol. The molecule has 1 heterocycles. The van der Waals surface area contributed by atoms with Crippen LogP contribution in [0.1, 0.15) is 42.9 Å². The second kappa shape index (κ2) is 7.49. The van der Waals surface area contributed by atoms with Crippen LogP contribution in [0, 0.1) is 11.6 Å². The molecule has 2 nitrogen and oxygen atoms in total. The van der Waals surface area contributed by atoms with Gasteiger partial charge in [0.1, 0.15) is 11.6 Å². The predicted molar refractivity (Wildman–Crippen MR) is 88.1 cm³/mol. The van der Waals surface area contributed by atoms with Crippen molar-refractivity contribution in [2.24, 2.45) is 0 Å². The first-order valence-electron chi connectivity index (χ1n) is 7.79. The van der Waals surface area contributed by atoms with Crippen LogP contribution < -0.4 is 0 Å². The zero-order chi connectivity index (χ0) is 16.2. The molecule has 0 unspecified atom stereocenters. The highest BCUT2D eigenvalue weighted by Crippen LogP contribution is 2.35. The lowest BCUT2D eigenvalue weighted by molar-refractivity contribution is 0.0115. The lowest BCUT2D eigenvalue weighted by Crippen LogP contribution is -2.21. The Bertz CT molecular complexity index is 652. The standard InChI is InChI=1S/C18H18BrF2NO/c19-17-2-1-7-22-18(17)11-23-16-5-3-12(4-6-16)13-8-14(20)10-15(21)9-13/h1-2,7-10,12,16H,3-6,11H2. The van der Waals surface area contributed by atoms with Crippen molar-refractivity contribution < 1.29 is 13.5 Å².